The van der Waals surface area contributed by atoms with E-state index in [-0.39, 0.29) is 0 Å². The molecule has 1 nitrogen and oxygen atoms in total. The number of rotatable bonds is 2. The third-order valence-electron chi connectivity index (χ3n) is 4.51. The van der Waals surface area contributed by atoms with Gasteiger partial charge in [-0.15, -0.1) is 0 Å². The predicted octanol–water partition coefficient (Wildman–Crippen LogP) is 7.61. The minimum Gasteiger partial charge on any atom is -0.455 e. The normalized spacial score (nSPS) is 14.0. The van der Waals surface area contributed by atoms with Crippen LogP contribution in [0.15, 0.2) is 86.3 Å². The molecule has 1 heterocycles. The molecule has 0 saturated carbocycles. The molecule has 126 valence electrons. The van der Waals surface area contributed by atoms with E-state index < -0.39 is 0 Å². The molecule has 0 aromatic heterocycles. The van der Waals surface area contributed by atoms with Crippen molar-refractivity contribution in [1.29, 1.82) is 0 Å². The lowest BCUT2D eigenvalue weighted by atomic mass is 9.99. The van der Waals surface area contributed by atoms with Crippen molar-refractivity contribution >= 4 is 23.5 Å². The molecule has 3 heteroatoms. The minimum atomic E-state index is 0.551. The van der Waals surface area contributed by atoms with Crippen LogP contribution in [0.3, 0.4) is 0 Å². The Hall–Kier alpha value is -1.84. The van der Waals surface area contributed by atoms with Gasteiger partial charge in [0.05, 0.1) is 9.79 Å². The standard InChI is InChI=1S/C22H20OS2/c1-3-15(2)16-12-13-18-22(14-16)25-21-11-7-6-10-20(21)24-19-9-5-4-8-17(19)23-18/h4-15H,3H2,1-2H3. The van der Waals surface area contributed by atoms with Gasteiger partial charge in [0.15, 0.2) is 0 Å². The molecule has 0 radical (unpaired) electrons. The second kappa shape index (κ2) is 7.19. The number of hydrogen-bond acceptors (Lipinski definition) is 3. The van der Waals surface area contributed by atoms with Crippen molar-refractivity contribution in [3.63, 3.8) is 0 Å². The summed E-state index contributed by atoms with van der Waals surface area (Å²) in [6, 6.07) is 23.5. The summed E-state index contributed by atoms with van der Waals surface area (Å²) < 4.78 is 6.32. The van der Waals surface area contributed by atoms with E-state index in [4.69, 9.17) is 4.74 Å². The Morgan fingerprint density at radius 2 is 1.36 bits per heavy atom. The summed E-state index contributed by atoms with van der Waals surface area (Å²) in [7, 11) is 0. The van der Waals surface area contributed by atoms with E-state index in [0.717, 1.165) is 22.8 Å². The Morgan fingerprint density at radius 3 is 2.08 bits per heavy atom. The Morgan fingerprint density at radius 1 is 0.760 bits per heavy atom. The molecule has 1 aliphatic rings. The van der Waals surface area contributed by atoms with Gasteiger partial charge in [-0.2, -0.15) is 0 Å². The van der Waals surface area contributed by atoms with E-state index in [2.05, 4.69) is 68.4 Å². The first kappa shape index (κ1) is 16.6. The lowest BCUT2D eigenvalue weighted by Gasteiger charge is -2.15. The van der Waals surface area contributed by atoms with Gasteiger partial charge in [-0.1, -0.05) is 67.7 Å². The van der Waals surface area contributed by atoms with E-state index in [9.17, 15) is 0 Å². The van der Waals surface area contributed by atoms with Crippen molar-refractivity contribution in [3.8, 4) is 11.5 Å². The van der Waals surface area contributed by atoms with Crippen LogP contribution in [0.2, 0.25) is 0 Å². The number of fused-ring (bicyclic) bond motifs is 3. The molecule has 3 aromatic rings. The lowest BCUT2D eigenvalue weighted by molar-refractivity contribution is 0.459. The van der Waals surface area contributed by atoms with E-state index in [1.807, 2.05) is 12.1 Å². The molecule has 0 aliphatic carbocycles. The van der Waals surface area contributed by atoms with Crippen molar-refractivity contribution in [3.05, 3.63) is 72.3 Å². The zero-order valence-corrected chi connectivity index (χ0v) is 16.0. The van der Waals surface area contributed by atoms with Crippen molar-refractivity contribution < 1.29 is 4.74 Å². The summed E-state index contributed by atoms with van der Waals surface area (Å²) >= 11 is 3.57. The van der Waals surface area contributed by atoms with Crippen LogP contribution in [0, 0.1) is 0 Å². The van der Waals surface area contributed by atoms with Crippen LogP contribution in [0.1, 0.15) is 31.7 Å². The zero-order valence-electron chi connectivity index (χ0n) is 14.4. The highest BCUT2D eigenvalue weighted by Crippen LogP contribution is 2.48. The topological polar surface area (TPSA) is 9.23 Å². The second-order valence-corrected chi connectivity index (χ2v) is 8.38. The first-order valence-electron chi connectivity index (χ1n) is 8.60. The summed E-state index contributed by atoms with van der Waals surface area (Å²) in [5, 5.41) is 0. The van der Waals surface area contributed by atoms with Gasteiger partial charge < -0.3 is 4.74 Å². The molecule has 0 amide bonds. The fraction of sp³-hybridized carbons (Fsp3) is 0.182. The summed E-state index contributed by atoms with van der Waals surface area (Å²) in [6.07, 6.45) is 1.14. The lowest BCUT2D eigenvalue weighted by Crippen LogP contribution is -1.94. The number of para-hydroxylation sites is 1. The van der Waals surface area contributed by atoms with E-state index in [1.165, 1.54) is 20.2 Å². The largest absolute Gasteiger partial charge is 0.455 e. The van der Waals surface area contributed by atoms with E-state index in [0.29, 0.717) is 5.92 Å². The highest BCUT2D eigenvalue weighted by Gasteiger charge is 2.17. The molecular weight excluding hydrogens is 344 g/mol. The first-order chi connectivity index (χ1) is 12.2. The van der Waals surface area contributed by atoms with Gasteiger partial charge in [-0.3, -0.25) is 0 Å². The third-order valence-corrected chi connectivity index (χ3v) is 6.88. The third kappa shape index (κ3) is 3.44. The average Bonchev–Trinajstić information content (AvgIpc) is 2.71. The predicted molar refractivity (Wildman–Crippen MR) is 106 cm³/mol. The van der Waals surface area contributed by atoms with Gasteiger partial charge >= 0.3 is 0 Å². The molecule has 0 N–H and O–H groups in total. The Labute approximate surface area is 157 Å². The van der Waals surface area contributed by atoms with Crippen LogP contribution in [-0.4, -0.2) is 0 Å². The molecule has 1 aliphatic heterocycles. The van der Waals surface area contributed by atoms with Crippen molar-refractivity contribution in [2.45, 2.75) is 45.8 Å². The SMILES string of the molecule is CCC(C)c1ccc2c(c1)Sc1ccccc1Sc1ccccc1O2. The first-order valence-corrected chi connectivity index (χ1v) is 10.2. The molecule has 25 heavy (non-hydrogen) atoms. The molecular formula is C22H20OS2. The molecule has 0 saturated heterocycles. The van der Waals surface area contributed by atoms with Crippen molar-refractivity contribution in [2.24, 2.45) is 0 Å². The van der Waals surface area contributed by atoms with Gasteiger partial charge in [0.25, 0.3) is 0 Å². The van der Waals surface area contributed by atoms with Crippen LogP contribution in [0.4, 0.5) is 0 Å². The van der Waals surface area contributed by atoms with E-state index in [1.54, 1.807) is 23.5 Å². The zero-order chi connectivity index (χ0) is 17.2. The second-order valence-electron chi connectivity index (χ2n) is 6.22. The molecule has 4 rings (SSSR count). The van der Waals surface area contributed by atoms with Crippen LogP contribution in [0.25, 0.3) is 0 Å². The number of benzene rings is 3. The number of ether oxygens (including phenoxy) is 1. The molecule has 0 bridgehead atoms. The highest BCUT2D eigenvalue weighted by molar-refractivity contribution is 8.02. The summed E-state index contributed by atoms with van der Waals surface area (Å²) in [4.78, 5) is 4.87. The molecule has 0 spiro atoms. The van der Waals surface area contributed by atoms with Gasteiger partial charge in [-0.25, -0.2) is 0 Å². The Kier molecular flexibility index (Phi) is 4.78. The van der Waals surface area contributed by atoms with Gasteiger partial charge in [0.2, 0.25) is 0 Å². The summed E-state index contributed by atoms with van der Waals surface area (Å²) in [5.41, 5.74) is 1.37. The van der Waals surface area contributed by atoms with Crippen LogP contribution in [0.5, 0.6) is 11.5 Å². The van der Waals surface area contributed by atoms with Crippen LogP contribution >= 0.6 is 23.5 Å². The monoisotopic (exact) mass is 364 g/mol. The quantitative estimate of drug-likeness (QED) is 0.362. The smallest absolute Gasteiger partial charge is 0.141 e. The summed E-state index contributed by atoms with van der Waals surface area (Å²) in [6.45, 7) is 4.51. The van der Waals surface area contributed by atoms with Crippen LogP contribution in [-0.2, 0) is 0 Å². The van der Waals surface area contributed by atoms with Crippen molar-refractivity contribution in [1.82, 2.24) is 0 Å². The number of hydrogen-bond donors (Lipinski definition) is 0. The average molecular weight is 365 g/mol. The minimum absolute atomic E-state index is 0.551. The highest BCUT2D eigenvalue weighted by atomic mass is 32.2. The fourth-order valence-electron chi connectivity index (χ4n) is 2.82. The van der Waals surface area contributed by atoms with Crippen LogP contribution < -0.4 is 4.74 Å². The maximum Gasteiger partial charge on any atom is 0.141 e. The Balaban J connectivity index is 1.88. The van der Waals surface area contributed by atoms with E-state index >= 15 is 0 Å². The molecule has 1 atom stereocenters. The molecule has 1 unspecified atom stereocenters. The van der Waals surface area contributed by atoms with Crippen molar-refractivity contribution in [2.75, 3.05) is 0 Å². The Bertz CT molecular complexity index is 898. The molecule has 3 aromatic carbocycles. The maximum absolute atomic E-state index is 6.32. The fourth-order valence-corrected chi connectivity index (χ4v) is 4.94. The summed E-state index contributed by atoms with van der Waals surface area (Å²) in [5.74, 6) is 2.40. The van der Waals surface area contributed by atoms with Gasteiger partial charge in [0.1, 0.15) is 11.5 Å². The maximum atomic E-state index is 6.32. The molecule has 0 fully saturated rings. The van der Waals surface area contributed by atoms with Gasteiger partial charge in [-0.05, 0) is 54.3 Å². The van der Waals surface area contributed by atoms with Gasteiger partial charge in [0, 0.05) is 9.79 Å².